The summed E-state index contributed by atoms with van der Waals surface area (Å²) in [5.41, 5.74) is 0. The van der Waals surface area contributed by atoms with E-state index in [1.807, 2.05) is 6.08 Å². The predicted molar refractivity (Wildman–Crippen MR) is 366 cm³/mol. The van der Waals surface area contributed by atoms with Crippen LogP contribution in [0.1, 0.15) is 361 Å². The number of unbranched alkanes of at least 4 members (excludes halogenated alkanes) is 45. The predicted octanol–water partition coefficient (Wildman–Crippen LogP) is 19.5. The van der Waals surface area contributed by atoms with Gasteiger partial charge in [0.25, 0.3) is 0 Å². The lowest BCUT2D eigenvalue weighted by Gasteiger charge is -2.41. The highest BCUT2D eigenvalue weighted by Gasteiger charge is 2.47. The van der Waals surface area contributed by atoms with Gasteiger partial charge in [0, 0.05) is 6.42 Å². The average Bonchev–Trinajstić information content (AvgIpc) is 2.32. The van der Waals surface area contributed by atoms with E-state index in [9.17, 15) is 35.1 Å². The Bertz CT molecular complexity index is 1600. The number of hydrogen-bond acceptors (Lipinski definition) is 10. The number of ether oxygens (including phenoxy) is 3. The lowest BCUT2D eigenvalue weighted by molar-refractivity contribution is -0.305. The Morgan fingerprint density at radius 3 is 1.21 bits per heavy atom. The molecule has 0 saturated carbocycles. The fourth-order valence-corrected chi connectivity index (χ4v) is 11.8. The van der Waals surface area contributed by atoms with E-state index >= 15 is 0 Å². The lowest BCUT2D eigenvalue weighted by Crippen LogP contribution is -2.61. The van der Waals surface area contributed by atoms with E-state index in [0.717, 1.165) is 70.6 Å². The molecule has 6 N–H and O–H groups in total. The standard InChI is InChI=1S/C76H141NO10/c1-4-7-10-13-16-19-22-25-27-29-31-33-34-35-36-37-39-41-43-46-49-52-55-58-61-64-71(81)87-74-73(83)72(82)70(65-78)86-76(74)85-66-67(68(79)62-59-56-53-50-47-44-24-21-18-15-12-9-6-3)77-75(84)69(80)63-60-57-54-51-48-45-42-40-38-32-30-28-26-23-20-17-14-11-8-5-2/h16,19,25,27,31,33,59,62,67-70,72-74,76,78-80,82-83H,4-15,17-18,20-24,26,28-30,32,34-58,60-61,63-66H2,1-3H3,(H,77,84)/b19-16-,27-25-,33-31-,62-59+. The smallest absolute Gasteiger partial charge is 0.306 e. The minimum Gasteiger partial charge on any atom is -0.454 e. The van der Waals surface area contributed by atoms with Crippen molar-refractivity contribution in [3.05, 3.63) is 48.6 Å². The Hall–Kier alpha value is -2.38. The van der Waals surface area contributed by atoms with E-state index in [0.29, 0.717) is 19.3 Å². The maximum absolute atomic E-state index is 13.5. The number of rotatable bonds is 65. The summed E-state index contributed by atoms with van der Waals surface area (Å²) in [5, 5.41) is 57.3. The molecular weight excluding hydrogens is 1090 g/mol. The molecule has 11 nitrogen and oxygen atoms in total. The fourth-order valence-electron chi connectivity index (χ4n) is 11.8. The van der Waals surface area contributed by atoms with Crippen molar-refractivity contribution in [1.29, 1.82) is 0 Å². The van der Waals surface area contributed by atoms with Crippen LogP contribution in [0.3, 0.4) is 0 Å². The van der Waals surface area contributed by atoms with Gasteiger partial charge in [-0.1, -0.05) is 339 Å². The normalized spacial score (nSPS) is 18.5. The molecule has 0 spiro atoms. The van der Waals surface area contributed by atoms with Gasteiger partial charge in [-0.25, -0.2) is 0 Å². The topological polar surface area (TPSA) is 175 Å². The second-order valence-corrected chi connectivity index (χ2v) is 26.0. The van der Waals surface area contributed by atoms with Gasteiger partial charge in [0.1, 0.15) is 24.4 Å². The number of nitrogens with one attached hydrogen (secondary N) is 1. The summed E-state index contributed by atoms with van der Waals surface area (Å²) in [7, 11) is 0. The molecule has 0 bridgehead atoms. The molecule has 1 aliphatic heterocycles. The van der Waals surface area contributed by atoms with Crippen LogP contribution < -0.4 is 5.32 Å². The molecule has 87 heavy (non-hydrogen) atoms. The third-order valence-electron chi connectivity index (χ3n) is 17.7. The highest BCUT2D eigenvalue weighted by molar-refractivity contribution is 5.80. The van der Waals surface area contributed by atoms with Gasteiger partial charge in [0.2, 0.25) is 5.91 Å². The summed E-state index contributed by atoms with van der Waals surface area (Å²) in [5.74, 6) is -1.18. The van der Waals surface area contributed by atoms with Gasteiger partial charge < -0.3 is 45.1 Å². The Morgan fingerprint density at radius 1 is 0.448 bits per heavy atom. The molecule has 1 fully saturated rings. The molecule has 8 unspecified atom stereocenters. The van der Waals surface area contributed by atoms with Crippen LogP contribution in [-0.4, -0.2) is 99.6 Å². The molecule has 0 radical (unpaired) electrons. The minimum atomic E-state index is -1.61. The van der Waals surface area contributed by atoms with Gasteiger partial charge in [-0.3, -0.25) is 9.59 Å². The molecule has 11 heteroatoms. The summed E-state index contributed by atoms with van der Waals surface area (Å²) in [6, 6.07) is -1.02. The van der Waals surface area contributed by atoms with Gasteiger partial charge in [0.15, 0.2) is 12.4 Å². The molecule has 8 atom stereocenters. The Labute approximate surface area is 536 Å². The molecule has 1 amide bonds. The summed E-state index contributed by atoms with van der Waals surface area (Å²) in [6.07, 6.45) is 70.1. The lowest BCUT2D eigenvalue weighted by atomic mass is 9.99. The minimum absolute atomic E-state index is 0.123. The average molecular weight is 1230 g/mol. The molecule has 0 aromatic heterocycles. The summed E-state index contributed by atoms with van der Waals surface area (Å²) in [4.78, 5) is 26.7. The van der Waals surface area contributed by atoms with Crippen molar-refractivity contribution in [2.24, 2.45) is 0 Å². The fraction of sp³-hybridized carbons (Fsp3) is 0.868. The first-order valence-electron chi connectivity index (χ1n) is 37.4. The Morgan fingerprint density at radius 2 is 0.793 bits per heavy atom. The Balaban J connectivity index is 2.55. The largest absolute Gasteiger partial charge is 0.454 e. The second-order valence-electron chi connectivity index (χ2n) is 26.0. The molecule has 1 aliphatic rings. The van der Waals surface area contributed by atoms with Gasteiger partial charge >= 0.3 is 5.97 Å². The zero-order chi connectivity index (χ0) is 63.1. The van der Waals surface area contributed by atoms with E-state index in [1.54, 1.807) is 6.08 Å². The van der Waals surface area contributed by atoms with Crippen LogP contribution in [0.2, 0.25) is 0 Å². The molecule has 1 heterocycles. The highest BCUT2D eigenvalue weighted by atomic mass is 16.7. The van der Waals surface area contributed by atoms with Crippen LogP contribution in [-0.2, 0) is 23.8 Å². The number of hydrogen-bond donors (Lipinski definition) is 6. The number of aliphatic hydroxyl groups is 5. The van der Waals surface area contributed by atoms with Crippen molar-refractivity contribution < 1.29 is 49.3 Å². The van der Waals surface area contributed by atoms with Crippen molar-refractivity contribution in [2.75, 3.05) is 13.2 Å². The van der Waals surface area contributed by atoms with Gasteiger partial charge in [-0.15, -0.1) is 0 Å². The van der Waals surface area contributed by atoms with E-state index in [4.69, 9.17) is 14.2 Å². The quantitative estimate of drug-likeness (QED) is 0.0195. The summed E-state index contributed by atoms with van der Waals surface area (Å²) in [6.45, 7) is 5.83. The molecule has 1 saturated heterocycles. The molecule has 0 aliphatic carbocycles. The molecule has 0 aromatic rings. The molecule has 510 valence electrons. The number of esters is 1. The third-order valence-corrected chi connectivity index (χ3v) is 17.7. The highest BCUT2D eigenvalue weighted by Crippen LogP contribution is 2.27. The van der Waals surface area contributed by atoms with Gasteiger partial charge in [-0.05, 0) is 64.2 Å². The second kappa shape index (κ2) is 63.8. The van der Waals surface area contributed by atoms with E-state index in [-0.39, 0.29) is 13.0 Å². The number of carbonyl (C=O) groups is 2. The summed E-state index contributed by atoms with van der Waals surface area (Å²) < 4.78 is 17.7. The SMILES string of the molecule is CCCCC/C=C\C/C=C\C/C=C\CCCCCCCCCCCCCCC(=O)OC1C(OCC(NC(=O)C(O)CCCCCCCCCCCCCCCCCCCCCC)C(O)/C=C/CCCCCCCCCCCCC)OC(CO)C(O)C1O. The maximum Gasteiger partial charge on any atom is 0.306 e. The van der Waals surface area contributed by atoms with Crippen LogP contribution in [0.4, 0.5) is 0 Å². The number of carbonyl (C=O) groups excluding carboxylic acids is 2. The molecular formula is C76H141NO10. The van der Waals surface area contributed by atoms with Crippen LogP contribution in [0.5, 0.6) is 0 Å². The van der Waals surface area contributed by atoms with Crippen molar-refractivity contribution >= 4 is 11.9 Å². The van der Waals surface area contributed by atoms with E-state index in [1.165, 1.54) is 244 Å². The monoisotopic (exact) mass is 1230 g/mol. The van der Waals surface area contributed by atoms with Gasteiger partial charge in [0.05, 0.1) is 25.4 Å². The van der Waals surface area contributed by atoms with Crippen molar-refractivity contribution in [3.8, 4) is 0 Å². The zero-order valence-corrected chi connectivity index (χ0v) is 56.9. The van der Waals surface area contributed by atoms with Crippen LogP contribution in [0.25, 0.3) is 0 Å². The van der Waals surface area contributed by atoms with Gasteiger partial charge in [-0.2, -0.15) is 0 Å². The molecule has 0 aromatic carbocycles. The molecule has 1 rings (SSSR count). The van der Waals surface area contributed by atoms with Crippen molar-refractivity contribution in [1.82, 2.24) is 5.32 Å². The summed E-state index contributed by atoms with van der Waals surface area (Å²) >= 11 is 0. The Kier molecular flexibility index (Phi) is 60.6. The third kappa shape index (κ3) is 50.9. The zero-order valence-electron chi connectivity index (χ0n) is 56.9. The number of amides is 1. The first kappa shape index (κ1) is 82.6. The first-order valence-corrected chi connectivity index (χ1v) is 37.4. The van der Waals surface area contributed by atoms with Crippen LogP contribution >= 0.6 is 0 Å². The number of allylic oxidation sites excluding steroid dienone is 7. The van der Waals surface area contributed by atoms with E-state index < -0.39 is 67.4 Å². The van der Waals surface area contributed by atoms with E-state index in [2.05, 4.69) is 62.5 Å². The van der Waals surface area contributed by atoms with Crippen LogP contribution in [0.15, 0.2) is 48.6 Å². The number of aliphatic hydroxyl groups excluding tert-OH is 5. The van der Waals surface area contributed by atoms with Crippen molar-refractivity contribution in [3.63, 3.8) is 0 Å². The maximum atomic E-state index is 13.5. The van der Waals surface area contributed by atoms with Crippen LogP contribution in [0, 0.1) is 0 Å². The first-order chi connectivity index (χ1) is 42.7. The van der Waals surface area contributed by atoms with Crippen molar-refractivity contribution in [2.45, 2.75) is 410 Å².